The minimum absolute atomic E-state index is 0.0231. The van der Waals surface area contributed by atoms with Gasteiger partial charge in [0.05, 0.1) is 13.2 Å². The van der Waals surface area contributed by atoms with Crippen molar-refractivity contribution in [2.75, 3.05) is 19.7 Å². The van der Waals surface area contributed by atoms with Gasteiger partial charge in [-0.2, -0.15) is 0 Å². The molecule has 1 aliphatic heterocycles. The average molecular weight is 253 g/mol. The standard InChI is InChI=1S/C12H12FNO4/c13-9-3-1-2-8(6-9)11(15)14-4-5-18-10(7-14)12(16)17/h1-3,6,10H,4-5,7H2,(H,16,17)/t10-/m1/s1. The predicted octanol–water partition coefficient (Wildman–Crippen LogP) is 0.751. The molecule has 1 fully saturated rings. The van der Waals surface area contributed by atoms with Gasteiger partial charge in [0.2, 0.25) is 0 Å². The van der Waals surface area contributed by atoms with E-state index in [1.54, 1.807) is 0 Å². The number of hydrogen-bond donors (Lipinski definition) is 1. The number of carboxylic acid groups (broad SMARTS) is 1. The molecule has 1 N–H and O–H groups in total. The molecule has 1 aromatic rings. The topological polar surface area (TPSA) is 66.8 Å². The van der Waals surface area contributed by atoms with Gasteiger partial charge in [0, 0.05) is 12.1 Å². The number of rotatable bonds is 2. The van der Waals surface area contributed by atoms with Crippen LogP contribution in [0.3, 0.4) is 0 Å². The highest BCUT2D eigenvalue weighted by Gasteiger charge is 2.29. The fourth-order valence-corrected chi connectivity index (χ4v) is 1.79. The average Bonchev–Trinajstić information content (AvgIpc) is 2.38. The highest BCUT2D eigenvalue weighted by atomic mass is 19.1. The van der Waals surface area contributed by atoms with Gasteiger partial charge in [0.1, 0.15) is 5.82 Å². The lowest BCUT2D eigenvalue weighted by Crippen LogP contribution is -2.48. The molecule has 0 aromatic heterocycles. The summed E-state index contributed by atoms with van der Waals surface area (Å²) in [4.78, 5) is 24.2. The fraction of sp³-hybridized carbons (Fsp3) is 0.333. The molecule has 1 amide bonds. The van der Waals surface area contributed by atoms with Gasteiger partial charge in [-0.3, -0.25) is 4.79 Å². The van der Waals surface area contributed by atoms with E-state index in [9.17, 15) is 14.0 Å². The molecule has 0 aliphatic carbocycles. The number of amides is 1. The minimum Gasteiger partial charge on any atom is -0.479 e. The number of morpholine rings is 1. The molecular weight excluding hydrogens is 241 g/mol. The van der Waals surface area contributed by atoms with Gasteiger partial charge in [-0.1, -0.05) is 6.07 Å². The van der Waals surface area contributed by atoms with Gasteiger partial charge in [-0.05, 0) is 18.2 Å². The summed E-state index contributed by atoms with van der Waals surface area (Å²) in [7, 11) is 0. The Labute approximate surface area is 103 Å². The van der Waals surface area contributed by atoms with Crippen molar-refractivity contribution in [3.8, 4) is 0 Å². The smallest absolute Gasteiger partial charge is 0.334 e. The largest absolute Gasteiger partial charge is 0.479 e. The van der Waals surface area contributed by atoms with Gasteiger partial charge in [0.25, 0.3) is 5.91 Å². The molecule has 0 unspecified atom stereocenters. The minimum atomic E-state index is -1.10. The first kappa shape index (κ1) is 12.5. The van der Waals surface area contributed by atoms with E-state index in [1.165, 1.54) is 23.1 Å². The quantitative estimate of drug-likeness (QED) is 0.844. The van der Waals surface area contributed by atoms with Gasteiger partial charge in [0.15, 0.2) is 6.10 Å². The maximum absolute atomic E-state index is 13.0. The summed E-state index contributed by atoms with van der Waals surface area (Å²) in [5.41, 5.74) is 0.209. The summed E-state index contributed by atoms with van der Waals surface area (Å²) in [6, 6.07) is 5.32. The monoisotopic (exact) mass is 253 g/mol. The summed E-state index contributed by atoms with van der Waals surface area (Å²) in [6.45, 7) is 0.446. The molecule has 0 spiro atoms. The maximum atomic E-state index is 13.0. The number of aliphatic carboxylic acids is 1. The van der Waals surface area contributed by atoms with E-state index in [4.69, 9.17) is 9.84 Å². The van der Waals surface area contributed by atoms with Crippen molar-refractivity contribution in [1.29, 1.82) is 0 Å². The Balaban J connectivity index is 2.11. The highest BCUT2D eigenvalue weighted by Crippen LogP contribution is 2.12. The molecule has 18 heavy (non-hydrogen) atoms. The van der Waals surface area contributed by atoms with E-state index in [2.05, 4.69) is 0 Å². The number of carbonyl (C=O) groups is 2. The summed E-state index contributed by atoms with van der Waals surface area (Å²) in [5.74, 6) is -1.99. The number of carbonyl (C=O) groups excluding carboxylic acids is 1. The normalized spacial score (nSPS) is 19.6. The van der Waals surface area contributed by atoms with Crippen LogP contribution in [-0.4, -0.2) is 47.7 Å². The Bertz CT molecular complexity index is 477. The first-order valence-corrected chi connectivity index (χ1v) is 5.47. The first-order chi connectivity index (χ1) is 8.58. The van der Waals surface area contributed by atoms with Crippen molar-refractivity contribution < 1.29 is 23.8 Å². The third kappa shape index (κ3) is 2.65. The Morgan fingerprint density at radius 3 is 2.89 bits per heavy atom. The lowest BCUT2D eigenvalue weighted by atomic mass is 10.1. The summed E-state index contributed by atoms with van der Waals surface area (Å²) >= 11 is 0. The van der Waals surface area contributed by atoms with Crippen LogP contribution in [0.1, 0.15) is 10.4 Å². The van der Waals surface area contributed by atoms with Crippen molar-refractivity contribution in [2.45, 2.75) is 6.10 Å². The zero-order chi connectivity index (χ0) is 13.1. The van der Waals surface area contributed by atoms with E-state index < -0.39 is 17.9 Å². The van der Waals surface area contributed by atoms with Crippen LogP contribution in [0.4, 0.5) is 4.39 Å². The second-order valence-corrected chi connectivity index (χ2v) is 3.96. The summed E-state index contributed by atoms with van der Waals surface area (Å²) in [6.07, 6.45) is -1.02. The van der Waals surface area contributed by atoms with Crippen molar-refractivity contribution in [2.24, 2.45) is 0 Å². The molecule has 0 radical (unpaired) electrons. The summed E-state index contributed by atoms with van der Waals surface area (Å²) in [5, 5.41) is 8.83. The van der Waals surface area contributed by atoms with Crippen LogP contribution < -0.4 is 0 Å². The van der Waals surface area contributed by atoms with E-state index in [0.717, 1.165) is 6.07 Å². The molecule has 0 saturated carbocycles. The van der Waals surface area contributed by atoms with E-state index >= 15 is 0 Å². The Morgan fingerprint density at radius 1 is 1.44 bits per heavy atom. The van der Waals surface area contributed by atoms with Crippen LogP contribution in [0.5, 0.6) is 0 Å². The van der Waals surface area contributed by atoms with E-state index in [0.29, 0.717) is 6.54 Å². The lowest BCUT2D eigenvalue weighted by Gasteiger charge is -2.30. The molecule has 1 aliphatic rings. The van der Waals surface area contributed by atoms with Crippen LogP contribution in [0.25, 0.3) is 0 Å². The van der Waals surface area contributed by atoms with Crippen molar-refractivity contribution in [3.05, 3.63) is 35.6 Å². The SMILES string of the molecule is O=C(O)[C@H]1CN(C(=O)c2cccc(F)c2)CCO1. The third-order valence-corrected chi connectivity index (χ3v) is 2.70. The number of ether oxygens (including phenoxy) is 1. The zero-order valence-corrected chi connectivity index (χ0v) is 9.51. The van der Waals surface area contributed by atoms with Crippen LogP contribution in [0.2, 0.25) is 0 Å². The molecule has 6 heteroatoms. The number of carboxylic acids is 1. The molecule has 1 heterocycles. The maximum Gasteiger partial charge on any atom is 0.334 e. The number of nitrogens with zero attached hydrogens (tertiary/aromatic N) is 1. The van der Waals surface area contributed by atoms with Gasteiger partial charge in [-0.15, -0.1) is 0 Å². The van der Waals surface area contributed by atoms with Crippen molar-refractivity contribution in [1.82, 2.24) is 4.90 Å². The third-order valence-electron chi connectivity index (χ3n) is 2.70. The lowest BCUT2D eigenvalue weighted by molar-refractivity contribution is -0.154. The van der Waals surface area contributed by atoms with Crippen molar-refractivity contribution >= 4 is 11.9 Å². The first-order valence-electron chi connectivity index (χ1n) is 5.47. The van der Waals surface area contributed by atoms with Crippen LogP contribution in [0.15, 0.2) is 24.3 Å². The zero-order valence-electron chi connectivity index (χ0n) is 9.51. The predicted molar refractivity (Wildman–Crippen MR) is 59.7 cm³/mol. The van der Waals surface area contributed by atoms with E-state index in [1.807, 2.05) is 0 Å². The molecule has 0 bridgehead atoms. The molecular formula is C12H12FNO4. The van der Waals surface area contributed by atoms with Gasteiger partial charge < -0.3 is 14.7 Å². The molecule has 2 rings (SSSR count). The molecule has 5 nitrogen and oxygen atoms in total. The molecule has 1 aromatic carbocycles. The highest BCUT2D eigenvalue weighted by molar-refractivity contribution is 5.94. The van der Waals surface area contributed by atoms with E-state index in [-0.39, 0.29) is 24.6 Å². The number of halogens is 1. The Morgan fingerprint density at radius 2 is 2.22 bits per heavy atom. The van der Waals surface area contributed by atoms with Crippen LogP contribution in [0, 0.1) is 5.82 Å². The fourth-order valence-electron chi connectivity index (χ4n) is 1.79. The second-order valence-electron chi connectivity index (χ2n) is 3.96. The molecule has 1 atom stereocenters. The number of benzene rings is 1. The van der Waals surface area contributed by atoms with Crippen molar-refractivity contribution in [3.63, 3.8) is 0 Å². The Kier molecular flexibility index (Phi) is 3.57. The van der Waals surface area contributed by atoms with Gasteiger partial charge >= 0.3 is 5.97 Å². The number of hydrogen-bond acceptors (Lipinski definition) is 3. The van der Waals surface area contributed by atoms with Crippen LogP contribution >= 0.6 is 0 Å². The van der Waals surface area contributed by atoms with Gasteiger partial charge in [-0.25, -0.2) is 9.18 Å². The molecule has 1 saturated heterocycles. The van der Waals surface area contributed by atoms with Crippen LogP contribution in [-0.2, 0) is 9.53 Å². The Hall–Kier alpha value is -1.95. The summed E-state index contributed by atoms with van der Waals surface area (Å²) < 4.78 is 18.0. The molecule has 96 valence electrons. The second kappa shape index (κ2) is 5.14.